The normalized spacial score (nSPS) is 14.2. The number of aromatic nitrogens is 1. The van der Waals surface area contributed by atoms with Crippen LogP contribution in [-0.2, 0) is 18.0 Å². The molecule has 0 radical (unpaired) electrons. The summed E-state index contributed by atoms with van der Waals surface area (Å²) in [6, 6.07) is 17.9. The monoisotopic (exact) mass is 452 g/mol. The molecule has 7 heteroatoms. The van der Waals surface area contributed by atoms with Gasteiger partial charge in [-0.05, 0) is 55.0 Å². The lowest BCUT2D eigenvalue weighted by atomic mass is 9.94. The standard InChI is InChI=1S/C25H28N2O4S/c28-25(31-19-24-26-13-17-32-24)27-14-10-20(11-15-27)12-16-29-22-6-8-23(9-7-22)30-18-21-4-2-1-3-5-21/h1-9,13,17,20H,10-12,14-16,18-19H2. The lowest BCUT2D eigenvalue weighted by Crippen LogP contribution is -2.39. The first kappa shape index (κ1) is 22.1. The number of likely N-dealkylation sites (tertiary alicyclic amines) is 1. The van der Waals surface area contributed by atoms with Crippen molar-refractivity contribution in [3.05, 3.63) is 76.7 Å². The highest BCUT2D eigenvalue weighted by atomic mass is 32.1. The van der Waals surface area contributed by atoms with E-state index in [0.717, 1.165) is 54.4 Å². The van der Waals surface area contributed by atoms with Gasteiger partial charge in [0.1, 0.15) is 29.7 Å². The fourth-order valence-corrected chi connectivity index (χ4v) is 4.19. The van der Waals surface area contributed by atoms with Gasteiger partial charge in [-0.3, -0.25) is 0 Å². The summed E-state index contributed by atoms with van der Waals surface area (Å²) in [5.41, 5.74) is 1.15. The third-order valence-corrected chi connectivity index (χ3v) is 6.30. The van der Waals surface area contributed by atoms with E-state index in [1.165, 1.54) is 11.3 Å². The van der Waals surface area contributed by atoms with Gasteiger partial charge >= 0.3 is 6.09 Å². The van der Waals surface area contributed by atoms with E-state index in [0.29, 0.717) is 19.1 Å². The molecule has 2 heterocycles. The summed E-state index contributed by atoms with van der Waals surface area (Å²) in [5, 5.41) is 2.70. The molecule has 1 aliphatic heterocycles. The highest BCUT2D eigenvalue weighted by Crippen LogP contribution is 2.23. The molecule has 0 spiro atoms. The zero-order chi connectivity index (χ0) is 22.0. The van der Waals surface area contributed by atoms with Gasteiger partial charge in [0.15, 0.2) is 0 Å². The van der Waals surface area contributed by atoms with Gasteiger partial charge in [0.2, 0.25) is 0 Å². The molecule has 1 fully saturated rings. The van der Waals surface area contributed by atoms with Crippen LogP contribution >= 0.6 is 11.3 Å². The predicted molar refractivity (Wildman–Crippen MR) is 124 cm³/mol. The van der Waals surface area contributed by atoms with Gasteiger partial charge in [-0.25, -0.2) is 9.78 Å². The third-order valence-electron chi connectivity index (χ3n) is 5.54. The largest absolute Gasteiger partial charge is 0.494 e. The first-order valence-electron chi connectivity index (χ1n) is 11.0. The summed E-state index contributed by atoms with van der Waals surface area (Å²) >= 11 is 1.49. The predicted octanol–water partition coefficient (Wildman–Crippen LogP) is 5.54. The highest BCUT2D eigenvalue weighted by molar-refractivity contribution is 7.09. The first-order valence-corrected chi connectivity index (χ1v) is 11.8. The molecular weight excluding hydrogens is 424 g/mol. The van der Waals surface area contributed by atoms with Crippen LogP contribution in [-0.4, -0.2) is 35.7 Å². The molecule has 1 aromatic heterocycles. The Balaban J connectivity index is 1.11. The molecule has 32 heavy (non-hydrogen) atoms. The Labute approximate surface area is 192 Å². The van der Waals surface area contributed by atoms with E-state index in [9.17, 15) is 4.79 Å². The molecular formula is C25H28N2O4S. The van der Waals surface area contributed by atoms with E-state index in [4.69, 9.17) is 14.2 Å². The van der Waals surface area contributed by atoms with Gasteiger partial charge in [-0.15, -0.1) is 11.3 Å². The minimum atomic E-state index is -0.246. The number of thiazole rings is 1. The summed E-state index contributed by atoms with van der Waals surface area (Å²) in [6.45, 7) is 2.94. The average Bonchev–Trinajstić information content (AvgIpc) is 3.37. The van der Waals surface area contributed by atoms with Gasteiger partial charge in [0.05, 0.1) is 6.61 Å². The van der Waals surface area contributed by atoms with Crippen molar-refractivity contribution in [3.8, 4) is 11.5 Å². The van der Waals surface area contributed by atoms with E-state index in [1.807, 2.05) is 60.0 Å². The summed E-state index contributed by atoms with van der Waals surface area (Å²) in [5.74, 6) is 2.24. The van der Waals surface area contributed by atoms with Crippen LogP contribution in [0.4, 0.5) is 4.79 Å². The minimum absolute atomic E-state index is 0.246. The maximum Gasteiger partial charge on any atom is 0.410 e. The lowest BCUT2D eigenvalue weighted by Gasteiger charge is -2.31. The number of carbonyl (C=O) groups is 1. The molecule has 0 aliphatic carbocycles. The number of piperidine rings is 1. The molecule has 0 saturated carbocycles. The maximum absolute atomic E-state index is 12.2. The molecule has 6 nitrogen and oxygen atoms in total. The molecule has 0 atom stereocenters. The molecule has 168 valence electrons. The van der Waals surface area contributed by atoms with E-state index >= 15 is 0 Å². The summed E-state index contributed by atoms with van der Waals surface area (Å²) in [6.07, 6.45) is 4.40. The molecule has 4 rings (SSSR count). The highest BCUT2D eigenvalue weighted by Gasteiger charge is 2.23. The van der Waals surface area contributed by atoms with Crippen molar-refractivity contribution in [3.63, 3.8) is 0 Å². The minimum Gasteiger partial charge on any atom is -0.494 e. The summed E-state index contributed by atoms with van der Waals surface area (Å²) in [4.78, 5) is 18.1. The van der Waals surface area contributed by atoms with Crippen LogP contribution in [0.1, 0.15) is 29.8 Å². The number of rotatable bonds is 9. The molecule has 2 aromatic carbocycles. The second kappa shape index (κ2) is 11.5. The fraction of sp³-hybridized carbons (Fsp3) is 0.360. The van der Waals surface area contributed by atoms with E-state index in [-0.39, 0.29) is 12.7 Å². The Bertz CT molecular complexity index is 940. The molecule has 1 aliphatic rings. The number of ether oxygens (including phenoxy) is 3. The summed E-state index contributed by atoms with van der Waals surface area (Å²) in [7, 11) is 0. The number of nitrogens with zero attached hydrogens (tertiary/aromatic N) is 2. The molecule has 0 bridgehead atoms. The van der Waals surface area contributed by atoms with Crippen LogP contribution < -0.4 is 9.47 Å². The van der Waals surface area contributed by atoms with Crippen molar-refractivity contribution in [2.24, 2.45) is 5.92 Å². The van der Waals surface area contributed by atoms with Crippen LogP contribution in [0, 0.1) is 5.92 Å². The topological polar surface area (TPSA) is 60.9 Å². The Morgan fingerprint density at radius 3 is 2.38 bits per heavy atom. The SMILES string of the molecule is O=C(OCc1nccs1)N1CCC(CCOc2ccc(OCc3ccccc3)cc2)CC1. The molecule has 3 aromatic rings. The number of benzene rings is 2. The third kappa shape index (κ3) is 6.72. The van der Waals surface area contributed by atoms with Crippen molar-refractivity contribution in [1.82, 2.24) is 9.88 Å². The Hall–Kier alpha value is -3.06. The van der Waals surface area contributed by atoms with E-state index in [2.05, 4.69) is 4.98 Å². The molecule has 0 N–H and O–H groups in total. The van der Waals surface area contributed by atoms with Gasteiger partial charge in [-0.2, -0.15) is 0 Å². The maximum atomic E-state index is 12.2. The number of hydrogen-bond acceptors (Lipinski definition) is 6. The van der Waals surface area contributed by atoms with Crippen molar-refractivity contribution in [2.75, 3.05) is 19.7 Å². The smallest absolute Gasteiger partial charge is 0.410 e. The lowest BCUT2D eigenvalue weighted by molar-refractivity contribution is 0.0799. The Morgan fingerprint density at radius 2 is 1.69 bits per heavy atom. The molecule has 1 amide bonds. The fourth-order valence-electron chi connectivity index (χ4n) is 3.66. The van der Waals surface area contributed by atoms with E-state index < -0.39 is 0 Å². The Morgan fingerprint density at radius 1 is 0.969 bits per heavy atom. The van der Waals surface area contributed by atoms with Gasteiger partial charge in [0.25, 0.3) is 0 Å². The van der Waals surface area contributed by atoms with Crippen molar-refractivity contribution < 1.29 is 19.0 Å². The van der Waals surface area contributed by atoms with Crippen molar-refractivity contribution in [2.45, 2.75) is 32.5 Å². The zero-order valence-electron chi connectivity index (χ0n) is 18.0. The van der Waals surface area contributed by atoms with E-state index in [1.54, 1.807) is 11.1 Å². The first-order chi connectivity index (χ1) is 15.8. The molecule has 0 unspecified atom stereocenters. The Kier molecular flexibility index (Phi) is 7.98. The second-order valence-electron chi connectivity index (χ2n) is 7.79. The van der Waals surface area contributed by atoms with Crippen molar-refractivity contribution in [1.29, 1.82) is 0 Å². The van der Waals surface area contributed by atoms with Crippen LogP contribution in [0.25, 0.3) is 0 Å². The zero-order valence-corrected chi connectivity index (χ0v) is 18.8. The summed E-state index contributed by atoms with van der Waals surface area (Å²) < 4.78 is 17.1. The van der Waals surface area contributed by atoms with Gasteiger partial charge in [-0.1, -0.05) is 30.3 Å². The van der Waals surface area contributed by atoms with Crippen molar-refractivity contribution >= 4 is 17.4 Å². The van der Waals surface area contributed by atoms with Gasteiger partial charge < -0.3 is 19.1 Å². The van der Waals surface area contributed by atoms with Crippen LogP contribution in [0.5, 0.6) is 11.5 Å². The number of amides is 1. The van der Waals surface area contributed by atoms with Crippen LogP contribution in [0.2, 0.25) is 0 Å². The number of carbonyl (C=O) groups excluding carboxylic acids is 1. The number of hydrogen-bond donors (Lipinski definition) is 0. The van der Waals surface area contributed by atoms with Crippen LogP contribution in [0.15, 0.2) is 66.2 Å². The quantitative estimate of drug-likeness (QED) is 0.427. The van der Waals surface area contributed by atoms with Crippen LogP contribution in [0.3, 0.4) is 0 Å². The average molecular weight is 453 g/mol. The second-order valence-corrected chi connectivity index (χ2v) is 8.77. The van der Waals surface area contributed by atoms with Gasteiger partial charge in [0, 0.05) is 24.7 Å². The molecule has 1 saturated heterocycles.